The number of aliphatic hydroxyl groups is 1. The first-order chi connectivity index (χ1) is 11.6. The van der Waals surface area contributed by atoms with Crippen molar-refractivity contribution in [1.82, 2.24) is 0 Å². The second-order valence-electron chi connectivity index (χ2n) is 5.55. The van der Waals surface area contributed by atoms with E-state index in [1.807, 2.05) is 30.3 Å². The van der Waals surface area contributed by atoms with Gasteiger partial charge >= 0.3 is 5.97 Å². The van der Waals surface area contributed by atoms with Gasteiger partial charge in [-0.25, -0.2) is 4.79 Å². The summed E-state index contributed by atoms with van der Waals surface area (Å²) in [4.78, 5) is 12.5. The van der Waals surface area contributed by atoms with Gasteiger partial charge in [-0.15, -0.1) is 11.8 Å². The third-order valence-corrected chi connectivity index (χ3v) is 4.92. The van der Waals surface area contributed by atoms with Gasteiger partial charge in [0, 0.05) is 12.2 Å². The number of benzene rings is 2. The Morgan fingerprint density at radius 3 is 2.42 bits per heavy atom. The van der Waals surface area contributed by atoms with Gasteiger partial charge in [-0.05, 0) is 29.7 Å². The topological polar surface area (TPSA) is 66.8 Å². The van der Waals surface area contributed by atoms with Crippen LogP contribution in [0, 0.1) is 0 Å². The molecule has 0 bridgehead atoms. The highest BCUT2D eigenvalue weighted by Gasteiger charge is 2.30. The summed E-state index contributed by atoms with van der Waals surface area (Å²) in [6, 6.07) is 16.4. The number of rotatable bonds is 5. The summed E-state index contributed by atoms with van der Waals surface area (Å²) >= 11 is 1.32. The average Bonchev–Trinajstić information content (AvgIpc) is 2.59. The second-order valence-corrected chi connectivity index (χ2v) is 6.65. The number of phenolic OH excluding ortho intramolecular Hbond substituents is 1. The van der Waals surface area contributed by atoms with Crippen LogP contribution in [0.2, 0.25) is 0 Å². The lowest BCUT2D eigenvalue weighted by Crippen LogP contribution is -2.20. The highest BCUT2D eigenvalue weighted by Crippen LogP contribution is 2.36. The predicted octanol–water partition coefficient (Wildman–Crippen LogP) is 4.13. The minimum atomic E-state index is -0.517. The van der Waals surface area contributed by atoms with Crippen LogP contribution in [0.15, 0.2) is 65.3 Å². The Bertz CT molecular complexity index is 738. The van der Waals surface area contributed by atoms with Crippen molar-refractivity contribution in [1.29, 1.82) is 0 Å². The van der Waals surface area contributed by atoms with Crippen LogP contribution in [0.3, 0.4) is 0 Å². The quantitative estimate of drug-likeness (QED) is 0.800. The van der Waals surface area contributed by atoms with E-state index in [-0.39, 0.29) is 17.9 Å². The van der Waals surface area contributed by atoms with Crippen LogP contribution >= 0.6 is 11.8 Å². The maximum Gasteiger partial charge on any atom is 0.348 e. The van der Waals surface area contributed by atoms with Crippen molar-refractivity contribution < 1.29 is 19.7 Å². The zero-order chi connectivity index (χ0) is 16.9. The first-order valence-electron chi connectivity index (χ1n) is 7.72. The number of cyclic esters (lactones) is 1. The Labute approximate surface area is 144 Å². The van der Waals surface area contributed by atoms with Gasteiger partial charge in [-0.3, -0.25) is 0 Å². The van der Waals surface area contributed by atoms with Crippen LogP contribution in [-0.2, 0) is 16.0 Å². The maximum atomic E-state index is 12.2. The van der Waals surface area contributed by atoms with Gasteiger partial charge in [0.2, 0.25) is 0 Å². The summed E-state index contributed by atoms with van der Waals surface area (Å²) in [5.41, 5.74) is 1.94. The molecule has 0 saturated heterocycles. The lowest BCUT2D eigenvalue weighted by molar-refractivity contribution is -0.146. The predicted molar refractivity (Wildman–Crippen MR) is 93.8 cm³/mol. The molecule has 0 radical (unpaired) electrons. The molecular weight excluding hydrogens is 324 g/mol. The van der Waals surface area contributed by atoms with Gasteiger partial charge in [0.1, 0.15) is 22.5 Å². The van der Waals surface area contributed by atoms with Crippen molar-refractivity contribution in [2.24, 2.45) is 0 Å². The summed E-state index contributed by atoms with van der Waals surface area (Å²) < 4.78 is 5.44. The summed E-state index contributed by atoms with van der Waals surface area (Å²) in [6.45, 7) is 0. The molecule has 0 fully saturated rings. The lowest BCUT2D eigenvalue weighted by atomic mass is 10.0. The second kappa shape index (κ2) is 7.45. The standard InChI is InChI=1S/C19H18O4S/c20-15-8-6-14(7-9-15)17-12-16(21)18(19(22)23-17)24-11-10-13-4-2-1-3-5-13/h1-9,17,20-21H,10-12H2. The fourth-order valence-corrected chi connectivity index (χ4v) is 3.50. The highest BCUT2D eigenvalue weighted by atomic mass is 32.2. The molecule has 2 N–H and O–H groups in total. The molecule has 1 aliphatic heterocycles. The molecule has 0 spiro atoms. The number of aliphatic hydroxyl groups excluding tert-OH is 1. The number of thioether (sulfide) groups is 1. The molecule has 5 heteroatoms. The monoisotopic (exact) mass is 342 g/mol. The minimum absolute atomic E-state index is 0.0717. The Balaban J connectivity index is 1.63. The van der Waals surface area contributed by atoms with E-state index < -0.39 is 12.1 Å². The Hall–Kier alpha value is -2.40. The lowest BCUT2D eigenvalue weighted by Gasteiger charge is -2.24. The van der Waals surface area contributed by atoms with Crippen LogP contribution in [0.4, 0.5) is 0 Å². The number of aromatic hydroxyl groups is 1. The van der Waals surface area contributed by atoms with E-state index in [4.69, 9.17) is 4.74 Å². The van der Waals surface area contributed by atoms with Crippen molar-refractivity contribution in [3.63, 3.8) is 0 Å². The number of ether oxygens (including phenoxy) is 1. The van der Waals surface area contributed by atoms with Gasteiger partial charge in [0.25, 0.3) is 0 Å². The molecule has 1 aliphatic rings. The van der Waals surface area contributed by atoms with E-state index in [0.717, 1.165) is 12.0 Å². The average molecular weight is 342 g/mol. The molecule has 1 heterocycles. The number of hydrogen-bond acceptors (Lipinski definition) is 5. The molecule has 1 atom stereocenters. The molecule has 2 aromatic carbocycles. The molecule has 24 heavy (non-hydrogen) atoms. The molecule has 0 aliphatic carbocycles. The molecule has 124 valence electrons. The third kappa shape index (κ3) is 3.92. The van der Waals surface area contributed by atoms with Gasteiger partial charge in [0.15, 0.2) is 0 Å². The summed E-state index contributed by atoms with van der Waals surface area (Å²) in [7, 11) is 0. The fourth-order valence-electron chi connectivity index (χ4n) is 2.54. The number of phenols is 1. The molecule has 4 nitrogen and oxygen atoms in total. The van der Waals surface area contributed by atoms with Crippen LogP contribution in [0.1, 0.15) is 23.7 Å². The van der Waals surface area contributed by atoms with E-state index in [1.54, 1.807) is 12.1 Å². The minimum Gasteiger partial charge on any atom is -0.511 e. The van der Waals surface area contributed by atoms with E-state index in [9.17, 15) is 15.0 Å². The van der Waals surface area contributed by atoms with E-state index in [2.05, 4.69) is 0 Å². The van der Waals surface area contributed by atoms with Gasteiger partial charge in [-0.2, -0.15) is 0 Å². The van der Waals surface area contributed by atoms with E-state index >= 15 is 0 Å². The molecule has 0 amide bonds. The number of esters is 1. The van der Waals surface area contributed by atoms with E-state index in [0.29, 0.717) is 10.7 Å². The highest BCUT2D eigenvalue weighted by molar-refractivity contribution is 8.04. The number of carbonyl (C=O) groups is 1. The van der Waals surface area contributed by atoms with Crippen LogP contribution < -0.4 is 0 Å². The summed E-state index contributed by atoms with van der Waals surface area (Å²) in [6.07, 6.45) is 0.554. The zero-order valence-electron chi connectivity index (χ0n) is 13.0. The van der Waals surface area contributed by atoms with E-state index in [1.165, 1.54) is 29.5 Å². The fraction of sp³-hybridized carbons (Fsp3) is 0.211. The molecule has 0 saturated carbocycles. The molecule has 1 unspecified atom stereocenters. The van der Waals surface area contributed by atoms with Crippen molar-refractivity contribution in [3.05, 3.63) is 76.4 Å². The number of hydrogen-bond donors (Lipinski definition) is 2. The van der Waals surface area contributed by atoms with Crippen LogP contribution in [0.25, 0.3) is 0 Å². The first kappa shape index (κ1) is 16.5. The normalized spacial score (nSPS) is 17.7. The Morgan fingerprint density at radius 1 is 1.04 bits per heavy atom. The number of aryl methyl sites for hydroxylation is 1. The largest absolute Gasteiger partial charge is 0.511 e. The maximum absolute atomic E-state index is 12.2. The Morgan fingerprint density at radius 2 is 1.75 bits per heavy atom. The van der Waals surface area contributed by atoms with Crippen LogP contribution in [-0.4, -0.2) is 21.9 Å². The smallest absolute Gasteiger partial charge is 0.348 e. The molecular formula is C19H18O4S. The van der Waals surface area contributed by atoms with Crippen molar-refractivity contribution in [3.8, 4) is 5.75 Å². The first-order valence-corrected chi connectivity index (χ1v) is 8.71. The van der Waals surface area contributed by atoms with Crippen LogP contribution in [0.5, 0.6) is 5.75 Å². The third-order valence-electron chi connectivity index (χ3n) is 3.82. The van der Waals surface area contributed by atoms with Gasteiger partial charge in [-0.1, -0.05) is 42.5 Å². The summed E-state index contributed by atoms with van der Waals surface area (Å²) in [5.74, 6) is 0.428. The number of carbonyl (C=O) groups excluding carboxylic acids is 1. The molecule has 2 aromatic rings. The van der Waals surface area contributed by atoms with Crippen molar-refractivity contribution in [2.45, 2.75) is 18.9 Å². The SMILES string of the molecule is O=C1OC(c2ccc(O)cc2)CC(O)=C1SCCc1ccccc1. The summed E-state index contributed by atoms with van der Waals surface area (Å²) in [5, 5.41) is 19.6. The van der Waals surface area contributed by atoms with Gasteiger partial charge < -0.3 is 14.9 Å². The van der Waals surface area contributed by atoms with Crippen molar-refractivity contribution >= 4 is 17.7 Å². The molecule has 3 rings (SSSR count). The molecule has 0 aromatic heterocycles. The Kier molecular flexibility index (Phi) is 5.11. The zero-order valence-corrected chi connectivity index (χ0v) is 13.8. The van der Waals surface area contributed by atoms with Crippen molar-refractivity contribution in [2.75, 3.05) is 5.75 Å². The van der Waals surface area contributed by atoms with Gasteiger partial charge in [0.05, 0.1) is 0 Å².